The normalized spacial score (nSPS) is 16.1. The highest BCUT2D eigenvalue weighted by Gasteiger charge is 2.19. The predicted molar refractivity (Wildman–Crippen MR) is 119 cm³/mol. The van der Waals surface area contributed by atoms with Crippen molar-refractivity contribution in [2.75, 3.05) is 18.1 Å². The summed E-state index contributed by atoms with van der Waals surface area (Å²) in [6.07, 6.45) is 13.2. The van der Waals surface area contributed by atoms with Crippen molar-refractivity contribution in [1.29, 1.82) is 0 Å². The number of carboxylic acids is 1. The first-order valence-corrected chi connectivity index (χ1v) is 11.1. The van der Waals surface area contributed by atoms with E-state index in [-0.39, 0.29) is 0 Å². The first kappa shape index (κ1) is 23.5. The molecule has 4 nitrogen and oxygen atoms in total. The summed E-state index contributed by atoms with van der Waals surface area (Å²) in [6, 6.07) is -0.549. The molecule has 27 heavy (non-hydrogen) atoms. The van der Waals surface area contributed by atoms with Crippen LogP contribution in [-0.2, 0) is 4.79 Å². The van der Waals surface area contributed by atoms with Crippen LogP contribution in [0.1, 0.15) is 66.2 Å². The molecule has 5 heteroatoms. The molecule has 0 amide bonds. The maximum absolute atomic E-state index is 11.4. The Hall–Kier alpha value is -1.49. The summed E-state index contributed by atoms with van der Waals surface area (Å²) in [7, 11) is 0. The van der Waals surface area contributed by atoms with E-state index in [4.69, 9.17) is 0 Å². The van der Waals surface area contributed by atoms with E-state index in [1.807, 2.05) is 0 Å². The number of carboxylic acid groups (broad SMARTS) is 1. The second-order valence-electron chi connectivity index (χ2n) is 7.46. The van der Waals surface area contributed by atoms with Gasteiger partial charge in [0.1, 0.15) is 6.04 Å². The molecule has 0 spiro atoms. The van der Waals surface area contributed by atoms with E-state index in [0.29, 0.717) is 5.75 Å². The van der Waals surface area contributed by atoms with Crippen molar-refractivity contribution in [3.8, 4) is 0 Å². The Kier molecular flexibility index (Phi) is 11.9. The molecular weight excluding hydrogens is 356 g/mol. The first-order valence-electron chi connectivity index (χ1n) is 9.93. The third kappa shape index (κ3) is 11.8. The van der Waals surface area contributed by atoms with Crippen molar-refractivity contribution in [1.82, 2.24) is 5.32 Å². The fraction of sp³-hybridized carbons (Fsp3) is 0.636. The lowest BCUT2D eigenvalue weighted by Gasteiger charge is -2.14. The monoisotopic (exact) mass is 392 g/mol. The number of amidine groups is 1. The number of rotatable bonds is 12. The third-order valence-corrected chi connectivity index (χ3v) is 5.44. The van der Waals surface area contributed by atoms with Crippen LogP contribution in [0, 0.1) is 0 Å². The number of nitrogens with one attached hydrogen (secondary N) is 1. The number of carbonyl (C=O) groups is 1. The SMILES string of the molecule is CC(C)=CCCC(C)=CCCC(C)=CCSCC(NC1=NCCC1)C(=O)O. The highest BCUT2D eigenvalue weighted by molar-refractivity contribution is 7.99. The number of aliphatic imine (C=N–C) groups is 1. The summed E-state index contributed by atoms with van der Waals surface area (Å²) in [5.74, 6) is 1.46. The molecule has 0 fully saturated rings. The summed E-state index contributed by atoms with van der Waals surface area (Å²) in [6.45, 7) is 9.47. The Morgan fingerprint density at radius 3 is 2.41 bits per heavy atom. The van der Waals surface area contributed by atoms with Gasteiger partial charge < -0.3 is 10.4 Å². The maximum atomic E-state index is 11.4. The van der Waals surface area contributed by atoms with Crippen LogP contribution in [0.3, 0.4) is 0 Å². The molecule has 1 aliphatic rings. The molecule has 1 rings (SSSR count). The van der Waals surface area contributed by atoms with Gasteiger partial charge in [0, 0.05) is 24.5 Å². The Morgan fingerprint density at radius 2 is 1.81 bits per heavy atom. The van der Waals surface area contributed by atoms with Crippen LogP contribution in [0.4, 0.5) is 0 Å². The van der Waals surface area contributed by atoms with E-state index in [0.717, 1.165) is 56.7 Å². The number of nitrogens with zero attached hydrogens (tertiary/aromatic N) is 1. The smallest absolute Gasteiger partial charge is 0.327 e. The molecule has 0 aromatic rings. The Labute approximate surface area is 169 Å². The molecule has 0 bridgehead atoms. The fourth-order valence-electron chi connectivity index (χ4n) is 2.76. The molecule has 0 saturated heterocycles. The lowest BCUT2D eigenvalue weighted by atomic mass is 10.1. The van der Waals surface area contributed by atoms with Crippen molar-refractivity contribution in [2.45, 2.75) is 72.3 Å². The van der Waals surface area contributed by atoms with Gasteiger partial charge >= 0.3 is 5.97 Å². The number of thioether (sulfide) groups is 1. The second kappa shape index (κ2) is 13.6. The Bertz CT molecular complexity index is 587. The number of aliphatic carboxylic acids is 1. The van der Waals surface area contributed by atoms with Gasteiger partial charge in [0.2, 0.25) is 0 Å². The molecule has 1 aliphatic heterocycles. The zero-order chi connectivity index (χ0) is 20.1. The standard InChI is InChI=1S/C22H36N2O2S/c1-17(2)8-5-9-18(3)10-6-11-19(4)13-15-27-16-20(22(25)26)24-21-12-7-14-23-21/h8,10,13,20H,5-7,9,11-12,14-16H2,1-4H3,(H,23,24)(H,25,26). The van der Waals surface area contributed by atoms with Gasteiger partial charge in [0.05, 0.1) is 5.84 Å². The largest absolute Gasteiger partial charge is 0.480 e. The summed E-state index contributed by atoms with van der Waals surface area (Å²) >= 11 is 1.66. The van der Waals surface area contributed by atoms with Crippen molar-refractivity contribution in [3.05, 3.63) is 34.9 Å². The van der Waals surface area contributed by atoms with Crippen molar-refractivity contribution < 1.29 is 9.90 Å². The van der Waals surface area contributed by atoms with Gasteiger partial charge in [-0.1, -0.05) is 34.9 Å². The van der Waals surface area contributed by atoms with Crippen LogP contribution in [0.5, 0.6) is 0 Å². The van der Waals surface area contributed by atoms with Gasteiger partial charge in [-0.25, -0.2) is 4.79 Å². The number of hydrogen-bond donors (Lipinski definition) is 2. The second-order valence-corrected chi connectivity index (χ2v) is 8.54. The molecular formula is C22H36N2O2S. The van der Waals surface area contributed by atoms with Gasteiger partial charge in [0.15, 0.2) is 0 Å². The predicted octanol–water partition coefficient (Wildman–Crippen LogP) is 5.37. The molecule has 2 N–H and O–H groups in total. The molecule has 0 aromatic heterocycles. The lowest BCUT2D eigenvalue weighted by Crippen LogP contribution is -2.42. The highest BCUT2D eigenvalue weighted by atomic mass is 32.2. The van der Waals surface area contributed by atoms with Gasteiger partial charge in [-0.15, -0.1) is 0 Å². The number of hydrogen-bond acceptors (Lipinski definition) is 4. The van der Waals surface area contributed by atoms with E-state index < -0.39 is 12.0 Å². The maximum Gasteiger partial charge on any atom is 0.327 e. The van der Waals surface area contributed by atoms with Crippen LogP contribution < -0.4 is 5.32 Å². The van der Waals surface area contributed by atoms with E-state index in [1.165, 1.54) is 16.7 Å². The van der Waals surface area contributed by atoms with Crippen molar-refractivity contribution in [2.24, 2.45) is 4.99 Å². The van der Waals surface area contributed by atoms with Crippen LogP contribution in [0.15, 0.2) is 39.9 Å². The van der Waals surface area contributed by atoms with E-state index >= 15 is 0 Å². The van der Waals surface area contributed by atoms with E-state index in [9.17, 15) is 9.90 Å². The van der Waals surface area contributed by atoms with Gasteiger partial charge in [-0.3, -0.25) is 4.99 Å². The summed E-state index contributed by atoms with van der Waals surface area (Å²) in [4.78, 5) is 15.7. The van der Waals surface area contributed by atoms with Crippen LogP contribution in [0.25, 0.3) is 0 Å². The Balaban J connectivity index is 2.24. The van der Waals surface area contributed by atoms with Crippen LogP contribution >= 0.6 is 11.8 Å². The lowest BCUT2D eigenvalue weighted by molar-refractivity contribution is -0.138. The summed E-state index contributed by atoms with van der Waals surface area (Å²) < 4.78 is 0. The first-order chi connectivity index (χ1) is 12.9. The number of allylic oxidation sites excluding steroid dienone is 5. The zero-order valence-corrected chi connectivity index (χ0v) is 18.2. The summed E-state index contributed by atoms with van der Waals surface area (Å²) in [5.41, 5.74) is 4.21. The quantitative estimate of drug-likeness (QED) is 0.346. The van der Waals surface area contributed by atoms with Gasteiger partial charge in [0.25, 0.3) is 0 Å². The van der Waals surface area contributed by atoms with Crippen LogP contribution in [0.2, 0.25) is 0 Å². The van der Waals surface area contributed by atoms with Gasteiger partial charge in [-0.2, -0.15) is 11.8 Å². The average molecular weight is 393 g/mol. The molecule has 1 atom stereocenters. The molecule has 0 saturated carbocycles. The third-order valence-electron chi connectivity index (χ3n) is 4.47. The zero-order valence-electron chi connectivity index (χ0n) is 17.4. The highest BCUT2D eigenvalue weighted by Crippen LogP contribution is 2.13. The molecule has 1 heterocycles. The summed E-state index contributed by atoms with van der Waals surface area (Å²) in [5, 5.41) is 12.4. The average Bonchev–Trinajstić information content (AvgIpc) is 3.10. The van der Waals surface area contributed by atoms with E-state index in [2.05, 4.69) is 56.2 Å². The fourth-order valence-corrected chi connectivity index (χ4v) is 3.76. The van der Waals surface area contributed by atoms with Crippen molar-refractivity contribution in [3.63, 3.8) is 0 Å². The Morgan fingerprint density at radius 1 is 1.15 bits per heavy atom. The molecule has 1 unspecified atom stereocenters. The van der Waals surface area contributed by atoms with Crippen molar-refractivity contribution >= 4 is 23.6 Å². The molecule has 0 aliphatic carbocycles. The molecule has 0 aromatic carbocycles. The topological polar surface area (TPSA) is 61.7 Å². The minimum Gasteiger partial charge on any atom is -0.480 e. The molecule has 152 valence electrons. The minimum absolute atomic E-state index is 0.549. The minimum atomic E-state index is -0.800. The molecule has 0 radical (unpaired) electrons. The van der Waals surface area contributed by atoms with Crippen LogP contribution in [-0.4, -0.2) is 41.0 Å². The van der Waals surface area contributed by atoms with Gasteiger partial charge in [-0.05, 0) is 59.8 Å². The van der Waals surface area contributed by atoms with E-state index in [1.54, 1.807) is 11.8 Å².